The standard InChI is InChI=1S/C25H18BrClF10N2O2/c1-39(11-23(29,30)31)21(41)22(6-7-22)38-20(40)14-4-2-13(8-16(14)25(35,36)37)19(28)10-15(24(32,33)34)12-3-5-17(26)18(27)9-12/h2-5,8-10,15H,6-7,11H2,1H3,(H,38,40)/b19-10-. The molecule has 3 rings (SSSR count). The first kappa shape index (κ1) is 32.7. The fraction of sp³-hybridized carbons (Fsp3) is 0.360. The van der Waals surface area contributed by atoms with Gasteiger partial charge in [0.2, 0.25) is 5.91 Å². The first-order chi connectivity index (χ1) is 18.6. The molecule has 0 bridgehead atoms. The van der Waals surface area contributed by atoms with Crippen molar-refractivity contribution in [3.63, 3.8) is 0 Å². The highest BCUT2D eigenvalue weighted by molar-refractivity contribution is 9.10. The Morgan fingerprint density at radius 3 is 2.15 bits per heavy atom. The van der Waals surface area contributed by atoms with Gasteiger partial charge in [-0.25, -0.2) is 4.39 Å². The third-order valence-corrected chi connectivity index (χ3v) is 7.32. The molecule has 224 valence electrons. The molecule has 0 radical (unpaired) electrons. The number of amides is 2. The monoisotopic (exact) mass is 682 g/mol. The summed E-state index contributed by atoms with van der Waals surface area (Å²) in [5.41, 5.74) is -6.15. The summed E-state index contributed by atoms with van der Waals surface area (Å²) in [4.78, 5) is 25.5. The minimum Gasteiger partial charge on any atom is -0.338 e. The average Bonchev–Trinajstić information content (AvgIpc) is 3.61. The number of hydrogen-bond donors (Lipinski definition) is 1. The molecule has 1 aliphatic carbocycles. The molecule has 1 unspecified atom stereocenters. The van der Waals surface area contributed by atoms with Gasteiger partial charge in [-0.2, -0.15) is 39.5 Å². The molecule has 1 atom stereocenters. The number of likely N-dealkylation sites (N-methyl/N-ethyl adjacent to an activating group) is 1. The van der Waals surface area contributed by atoms with Crippen LogP contribution in [0.25, 0.3) is 5.83 Å². The van der Waals surface area contributed by atoms with Crippen LogP contribution in [0.1, 0.15) is 45.8 Å². The van der Waals surface area contributed by atoms with E-state index in [-0.39, 0.29) is 39.4 Å². The van der Waals surface area contributed by atoms with Crippen LogP contribution >= 0.6 is 27.5 Å². The van der Waals surface area contributed by atoms with Gasteiger partial charge in [0.15, 0.2) is 0 Å². The number of nitrogens with one attached hydrogen (secondary N) is 1. The van der Waals surface area contributed by atoms with Crippen molar-refractivity contribution in [2.45, 2.75) is 42.8 Å². The molecule has 2 aromatic rings. The average molecular weight is 684 g/mol. The van der Waals surface area contributed by atoms with E-state index in [1.165, 1.54) is 6.07 Å². The lowest BCUT2D eigenvalue weighted by Gasteiger charge is -2.25. The molecule has 1 N–H and O–H groups in total. The lowest BCUT2D eigenvalue weighted by molar-refractivity contribution is -0.160. The molecule has 41 heavy (non-hydrogen) atoms. The van der Waals surface area contributed by atoms with Crippen molar-refractivity contribution < 1.29 is 53.5 Å². The number of benzene rings is 2. The van der Waals surface area contributed by atoms with Crippen LogP contribution in [0.4, 0.5) is 43.9 Å². The van der Waals surface area contributed by atoms with Crippen LogP contribution in [0, 0.1) is 0 Å². The van der Waals surface area contributed by atoms with E-state index >= 15 is 4.39 Å². The fourth-order valence-corrected chi connectivity index (χ4v) is 4.40. The predicted octanol–water partition coefficient (Wildman–Crippen LogP) is 8.06. The lowest BCUT2D eigenvalue weighted by atomic mass is 9.95. The van der Waals surface area contributed by atoms with Crippen molar-refractivity contribution in [2.75, 3.05) is 13.6 Å². The predicted molar refractivity (Wildman–Crippen MR) is 132 cm³/mol. The zero-order valence-corrected chi connectivity index (χ0v) is 22.9. The molecule has 16 heteroatoms. The van der Waals surface area contributed by atoms with Crippen LogP contribution in [-0.4, -0.2) is 48.2 Å². The molecular weight excluding hydrogens is 666 g/mol. The maximum Gasteiger partial charge on any atom is 0.417 e. The van der Waals surface area contributed by atoms with Crippen LogP contribution in [0.2, 0.25) is 5.02 Å². The van der Waals surface area contributed by atoms with Crippen molar-refractivity contribution in [1.29, 1.82) is 0 Å². The van der Waals surface area contributed by atoms with Gasteiger partial charge in [0.1, 0.15) is 23.8 Å². The molecule has 0 heterocycles. The van der Waals surface area contributed by atoms with Crippen molar-refractivity contribution >= 4 is 45.2 Å². The molecule has 2 aromatic carbocycles. The van der Waals surface area contributed by atoms with E-state index in [1.54, 1.807) is 0 Å². The Morgan fingerprint density at radius 1 is 1.05 bits per heavy atom. The molecule has 4 nitrogen and oxygen atoms in total. The molecule has 2 amide bonds. The molecular formula is C25H18BrClF10N2O2. The van der Waals surface area contributed by atoms with Gasteiger partial charge in [0.05, 0.1) is 16.1 Å². The molecule has 0 spiro atoms. The maximum absolute atomic E-state index is 15.0. The number of halogens is 12. The normalized spacial score (nSPS) is 16.3. The van der Waals surface area contributed by atoms with Gasteiger partial charge in [0, 0.05) is 17.1 Å². The summed E-state index contributed by atoms with van der Waals surface area (Å²) >= 11 is 8.83. The lowest BCUT2D eigenvalue weighted by Crippen LogP contribution is -2.51. The van der Waals surface area contributed by atoms with E-state index < -0.39 is 76.4 Å². The van der Waals surface area contributed by atoms with E-state index in [9.17, 15) is 49.1 Å². The van der Waals surface area contributed by atoms with Gasteiger partial charge in [0.25, 0.3) is 5.91 Å². The number of nitrogens with zero attached hydrogens (tertiary/aromatic N) is 1. The Hall–Kier alpha value is -2.81. The van der Waals surface area contributed by atoms with Crippen LogP contribution in [0.15, 0.2) is 46.9 Å². The Morgan fingerprint density at radius 2 is 1.66 bits per heavy atom. The van der Waals surface area contributed by atoms with Crippen LogP contribution in [-0.2, 0) is 11.0 Å². The largest absolute Gasteiger partial charge is 0.417 e. The van der Waals surface area contributed by atoms with Crippen molar-refractivity contribution in [2.24, 2.45) is 0 Å². The highest BCUT2D eigenvalue weighted by Gasteiger charge is 2.54. The number of carbonyl (C=O) groups is 2. The summed E-state index contributed by atoms with van der Waals surface area (Å²) in [6.45, 7) is -1.66. The van der Waals surface area contributed by atoms with Crippen LogP contribution in [0.5, 0.6) is 0 Å². The third kappa shape index (κ3) is 7.93. The van der Waals surface area contributed by atoms with Gasteiger partial charge in [-0.1, -0.05) is 23.7 Å². The highest BCUT2D eigenvalue weighted by Crippen LogP contribution is 2.42. The summed E-state index contributed by atoms with van der Waals surface area (Å²) in [6, 6.07) is 4.33. The van der Waals surface area contributed by atoms with E-state index in [0.29, 0.717) is 12.1 Å². The van der Waals surface area contributed by atoms with E-state index in [2.05, 4.69) is 15.9 Å². The molecule has 0 aromatic heterocycles. The Labute approximate surface area is 239 Å². The zero-order chi connectivity index (χ0) is 31.1. The number of hydrogen-bond acceptors (Lipinski definition) is 2. The number of allylic oxidation sites excluding steroid dienone is 1. The summed E-state index contributed by atoms with van der Waals surface area (Å²) in [5.74, 6) is -6.95. The van der Waals surface area contributed by atoms with Gasteiger partial charge < -0.3 is 10.2 Å². The topological polar surface area (TPSA) is 49.4 Å². The maximum atomic E-state index is 15.0. The summed E-state index contributed by atoms with van der Waals surface area (Å²) < 4.78 is 136. The van der Waals surface area contributed by atoms with Gasteiger partial charge >= 0.3 is 18.5 Å². The van der Waals surface area contributed by atoms with Gasteiger partial charge in [-0.05, 0) is 64.7 Å². The summed E-state index contributed by atoms with van der Waals surface area (Å²) in [6.07, 6.45) is -15.4. The Balaban J connectivity index is 1.95. The third-order valence-electron chi connectivity index (χ3n) is 6.09. The van der Waals surface area contributed by atoms with Crippen molar-refractivity contribution in [3.05, 3.63) is 74.2 Å². The number of alkyl halides is 9. The molecule has 1 saturated carbocycles. The second-order valence-electron chi connectivity index (χ2n) is 9.28. The van der Waals surface area contributed by atoms with E-state index in [1.807, 2.05) is 5.32 Å². The first-order valence-corrected chi connectivity index (χ1v) is 12.6. The SMILES string of the molecule is CN(CC(F)(F)F)C(=O)C1(NC(=O)c2ccc(/C(F)=C/C(c3ccc(Br)c(Cl)c3)C(F)(F)F)cc2C(F)(F)F)CC1. The van der Waals surface area contributed by atoms with Crippen LogP contribution in [0.3, 0.4) is 0 Å². The molecule has 1 aliphatic rings. The summed E-state index contributed by atoms with van der Waals surface area (Å²) in [5, 5.41) is 1.90. The van der Waals surface area contributed by atoms with Crippen LogP contribution < -0.4 is 5.32 Å². The Kier molecular flexibility index (Phi) is 9.14. The molecule has 1 fully saturated rings. The number of rotatable bonds is 7. The van der Waals surface area contributed by atoms with Crippen molar-refractivity contribution in [1.82, 2.24) is 10.2 Å². The zero-order valence-electron chi connectivity index (χ0n) is 20.5. The minimum atomic E-state index is -5.31. The second-order valence-corrected chi connectivity index (χ2v) is 10.5. The number of carbonyl (C=O) groups excluding carboxylic acids is 2. The smallest absolute Gasteiger partial charge is 0.338 e. The van der Waals surface area contributed by atoms with E-state index in [4.69, 9.17) is 11.6 Å². The van der Waals surface area contributed by atoms with Gasteiger partial charge in [-0.15, -0.1) is 0 Å². The second kappa shape index (κ2) is 11.5. The summed E-state index contributed by atoms with van der Waals surface area (Å²) in [7, 11) is 0.809. The first-order valence-electron chi connectivity index (χ1n) is 11.4. The molecule has 0 saturated heterocycles. The Bertz CT molecular complexity index is 1370. The quantitative estimate of drug-likeness (QED) is 0.301. The minimum absolute atomic E-state index is 0.0587. The van der Waals surface area contributed by atoms with Crippen molar-refractivity contribution in [3.8, 4) is 0 Å². The van der Waals surface area contributed by atoms with Gasteiger partial charge in [-0.3, -0.25) is 9.59 Å². The molecule has 0 aliphatic heterocycles. The van der Waals surface area contributed by atoms with E-state index in [0.717, 1.165) is 19.2 Å². The highest BCUT2D eigenvalue weighted by atomic mass is 79.9. The fourth-order valence-electron chi connectivity index (χ4n) is 3.96.